The second-order valence-electron chi connectivity index (χ2n) is 2.68. The molecule has 0 aliphatic carbocycles. The first kappa shape index (κ1) is 8.08. The third-order valence-corrected chi connectivity index (χ3v) is 1.74. The van der Waals surface area contributed by atoms with E-state index in [4.69, 9.17) is 10.2 Å². The first-order valence-corrected chi connectivity index (χ1v) is 3.64. The van der Waals surface area contributed by atoms with Crippen LogP contribution in [0.1, 0.15) is 18.4 Å². The van der Waals surface area contributed by atoms with Gasteiger partial charge >= 0.3 is 0 Å². The van der Waals surface area contributed by atoms with E-state index in [1.807, 2.05) is 19.1 Å². The van der Waals surface area contributed by atoms with Gasteiger partial charge in [0, 0.05) is 12.5 Å². The van der Waals surface area contributed by atoms with Crippen LogP contribution in [0.5, 0.6) is 5.75 Å². The number of phenolic OH excluding ortho intramolecular Hbond substituents is 1. The van der Waals surface area contributed by atoms with Crippen molar-refractivity contribution in [1.82, 2.24) is 0 Å². The number of phenols is 1. The van der Waals surface area contributed by atoms with Gasteiger partial charge in [0.05, 0.1) is 0 Å². The minimum atomic E-state index is 0.144. The smallest absolute Gasteiger partial charge is 0.115 e. The van der Waals surface area contributed by atoms with Crippen molar-refractivity contribution >= 4 is 0 Å². The predicted molar refractivity (Wildman–Crippen MR) is 43.6 cm³/mol. The van der Waals surface area contributed by atoms with E-state index in [-0.39, 0.29) is 18.3 Å². The molecule has 11 heavy (non-hydrogen) atoms. The zero-order valence-corrected chi connectivity index (χ0v) is 6.49. The lowest BCUT2D eigenvalue weighted by Gasteiger charge is -2.06. The van der Waals surface area contributed by atoms with Crippen LogP contribution in [-0.2, 0) is 0 Å². The molecule has 1 rings (SSSR count). The molecule has 0 heterocycles. The maximum absolute atomic E-state index is 8.95. The molecule has 0 amide bonds. The molecular weight excluding hydrogens is 140 g/mol. The molecule has 2 heteroatoms. The lowest BCUT2D eigenvalue weighted by Crippen LogP contribution is -1.97. The van der Waals surface area contributed by atoms with Crippen LogP contribution in [0.4, 0.5) is 0 Å². The molecule has 0 spiro atoms. The van der Waals surface area contributed by atoms with Crippen molar-refractivity contribution in [1.29, 1.82) is 0 Å². The number of aromatic hydroxyl groups is 1. The number of aliphatic hydroxyl groups excluding tert-OH is 1. The summed E-state index contributed by atoms with van der Waals surface area (Å²) >= 11 is 0. The summed E-state index contributed by atoms with van der Waals surface area (Å²) in [6, 6.07) is 6.88. The molecule has 1 atom stereocenters. The fourth-order valence-electron chi connectivity index (χ4n) is 0.908. The summed E-state index contributed by atoms with van der Waals surface area (Å²) in [5.74, 6) is 0.412. The second-order valence-corrected chi connectivity index (χ2v) is 2.68. The van der Waals surface area contributed by atoms with E-state index in [1.54, 1.807) is 12.1 Å². The van der Waals surface area contributed by atoms with Gasteiger partial charge < -0.3 is 10.2 Å². The van der Waals surface area contributed by atoms with Crippen molar-refractivity contribution < 1.29 is 10.2 Å². The zero-order chi connectivity index (χ0) is 8.27. The first-order chi connectivity index (χ1) is 5.24. The van der Waals surface area contributed by atoms with Crippen LogP contribution in [0.25, 0.3) is 0 Å². The molecule has 2 nitrogen and oxygen atoms in total. The summed E-state index contributed by atoms with van der Waals surface area (Å²) in [6.45, 7) is 2.08. The maximum Gasteiger partial charge on any atom is 0.115 e. The van der Waals surface area contributed by atoms with E-state index >= 15 is 0 Å². The lowest BCUT2D eigenvalue weighted by atomic mass is 10.0. The highest BCUT2D eigenvalue weighted by atomic mass is 16.3. The van der Waals surface area contributed by atoms with E-state index in [0.29, 0.717) is 0 Å². The molecule has 1 aromatic carbocycles. The Balaban J connectivity index is 2.81. The lowest BCUT2D eigenvalue weighted by molar-refractivity contribution is 0.273. The Morgan fingerprint density at radius 2 is 1.82 bits per heavy atom. The van der Waals surface area contributed by atoms with E-state index < -0.39 is 0 Å². The van der Waals surface area contributed by atoms with Crippen LogP contribution in [0.3, 0.4) is 0 Å². The minimum Gasteiger partial charge on any atom is -0.508 e. The van der Waals surface area contributed by atoms with Gasteiger partial charge in [-0.2, -0.15) is 0 Å². The largest absolute Gasteiger partial charge is 0.508 e. The molecular formula is C9H12O2. The molecule has 0 fully saturated rings. The summed E-state index contributed by atoms with van der Waals surface area (Å²) in [5, 5.41) is 17.7. The average molecular weight is 152 g/mol. The predicted octanol–water partition coefficient (Wildman–Crippen LogP) is 1.49. The summed E-state index contributed by atoms with van der Waals surface area (Å²) in [4.78, 5) is 0. The van der Waals surface area contributed by atoms with E-state index in [0.717, 1.165) is 5.56 Å². The van der Waals surface area contributed by atoms with Gasteiger partial charge in [0.15, 0.2) is 0 Å². The van der Waals surface area contributed by atoms with Gasteiger partial charge in [-0.25, -0.2) is 0 Å². The molecule has 0 aromatic heterocycles. The van der Waals surface area contributed by atoms with Crippen molar-refractivity contribution in [2.24, 2.45) is 0 Å². The highest BCUT2D eigenvalue weighted by molar-refractivity contribution is 5.27. The van der Waals surface area contributed by atoms with Gasteiger partial charge in [0.1, 0.15) is 5.75 Å². The maximum atomic E-state index is 8.95. The Kier molecular flexibility index (Phi) is 2.49. The average Bonchev–Trinajstić information content (AvgIpc) is 2.05. The Morgan fingerprint density at radius 1 is 1.27 bits per heavy atom. The Labute approximate surface area is 66.1 Å². The number of benzene rings is 1. The number of aliphatic hydroxyl groups is 1. The summed E-state index contributed by atoms with van der Waals surface area (Å²) in [5.41, 5.74) is 1.05. The number of hydrogen-bond donors (Lipinski definition) is 2. The SMILES string of the molecule is CC(CO)c1ccc(O)cc1. The van der Waals surface area contributed by atoms with Crippen molar-refractivity contribution in [3.05, 3.63) is 29.8 Å². The van der Waals surface area contributed by atoms with Gasteiger partial charge in [-0.1, -0.05) is 19.1 Å². The molecule has 0 aliphatic heterocycles. The van der Waals surface area contributed by atoms with Gasteiger partial charge in [-0.3, -0.25) is 0 Å². The van der Waals surface area contributed by atoms with Gasteiger partial charge in [0.25, 0.3) is 0 Å². The van der Waals surface area contributed by atoms with Crippen LogP contribution in [0, 0.1) is 0 Å². The Hall–Kier alpha value is -1.02. The molecule has 60 valence electrons. The minimum absolute atomic E-state index is 0.144. The summed E-state index contributed by atoms with van der Waals surface area (Å²) in [6.07, 6.45) is 0. The van der Waals surface area contributed by atoms with Crippen LogP contribution in [0.2, 0.25) is 0 Å². The molecule has 0 radical (unpaired) electrons. The van der Waals surface area contributed by atoms with Crippen molar-refractivity contribution in [3.8, 4) is 5.75 Å². The highest BCUT2D eigenvalue weighted by Gasteiger charge is 2.01. The summed E-state index contributed by atoms with van der Waals surface area (Å²) in [7, 11) is 0. The van der Waals surface area contributed by atoms with Gasteiger partial charge in [0.2, 0.25) is 0 Å². The molecule has 0 bridgehead atoms. The molecule has 0 saturated heterocycles. The molecule has 1 unspecified atom stereocenters. The van der Waals surface area contributed by atoms with Crippen molar-refractivity contribution in [3.63, 3.8) is 0 Å². The van der Waals surface area contributed by atoms with E-state index in [9.17, 15) is 0 Å². The summed E-state index contributed by atoms with van der Waals surface area (Å²) < 4.78 is 0. The highest BCUT2D eigenvalue weighted by Crippen LogP contribution is 2.17. The number of hydrogen-bond acceptors (Lipinski definition) is 2. The van der Waals surface area contributed by atoms with Gasteiger partial charge in [-0.15, -0.1) is 0 Å². The fraction of sp³-hybridized carbons (Fsp3) is 0.333. The van der Waals surface area contributed by atoms with E-state index in [2.05, 4.69) is 0 Å². The van der Waals surface area contributed by atoms with Crippen molar-refractivity contribution in [2.45, 2.75) is 12.8 Å². The van der Waals surface area contributed by atoms with Crippen LogP contribution < -0.4 is 0 Å². The molecule has 1 aromatic rings. The Morgan fingerprint density at radius 3 is 2.27 bits per heavy atom. The second kappa shape index (κ2) is 3.39. The number of rotatable bonds is 2. The van der Waals surface area contributed by atoms with Crippen LogP contribution in [0.15, 0.2) is 24.3 Å². The van der Waals surface area contributed by atoms with Crippen LogP contribution >= 0.6 is 0 Å². The molecule has 0 saturated carbocycles. The topological polar surface area (TPSA) is 40.5 Å². The van der Waals surface area contributed by atoms with Crippen LogP contribution in [-0.4, -0.2) is 16.8 Å². The standard InChI is InChI=1S/C9H12O2/c1-7(6-10)8-2-4-9(11)5-3-8/h2-5,7,10-11H,6H2,1H3. The monoisotopic (exact) mass is 152 g/mol. The van der Waals surface area contributed by atoms with Gasteiger partial charge in [-0.05, 0) is 17.7 Å². The third-order valence-electron chi connectivity index (χ3n) is 1.74. The third kappa shape index (κ3) is 1.95. The van der Waals surface area contributed by atoms with E-state index in [1.165, 1.54) is 0 Å². The normalized spacial score (nSPS) is 12.9. The fourth-order valence-corrected chi connectivity index (χ4v) is 0.908. The first-order valence-electron chi connectivity index (χ1n) is 3.64. The molecule has 2 N–H and O–H groups in total. The molecule has 0 aliphatic rings. The Bertz CT molecular complexity index is 216. The van der Waals surface area contributed by atoms with Crippen molar-refractivity contribution in [2.75, 3.05) is 6.61 Å². The zero-order valence-electron chi connectivity index (χ0n) is 6.49. The quantitative estimate of drug-likeness (QED) is 0.674.